The molecule has 2 heteroatoms. The molecule has 0 aliphatic heterocycles. The molecule has 100 valence electrons. The van der Waals surface area contributed by atoms with Crippen molar-refractivity contribution in [1.82, 2.24) is 10.3 Å². The van der Waals surface area contributed by atoms with Gasteiger partial charge < -0.3 is 5.32 Å². The van der Waals surface area contributed by atoms with E-state index in [0.29, 0.717) is 0 Å². The predicted molar refractivity (Wildman–Crippen MR) is 83.6 cm³/mol. The van der Waals surface area contributed by atoms with Gasteiger partial charge in [-0.3, -0.25) is 4.98 Å². The summed E-state index contributed by atoms with van der Waals surface area (Å²) in [5.41, 5.74) is 2.63. The van der Waals surface area contributed by atoms with Crippen LogP contribution in [0.5, 0.6) is 0 Å². The van der Waals surface area contributed by atoms with Gasteiger partial charge in [0.25, 0.3) is 0 Å². The number of pyridine rings is 1. The number of fused-ring (bicyclic) bond motifs is 1. The first-order valence-corrected chi connectivity index (χ1v) is 7.00. The van der Waals surface area contributed by atoms with Gasteiger partial charge in [-0.15, -0.1) is 0 Å². The zero-order valence-electron chi connectivity index (χ0n) is 11.4. The summed E-state index contributed by atoms with van der Waals surface area (Å²) in [5, 5.41) is 6.15. The van der Waals surface area contributed by atoms with E-state index in [1.807, 2.05) is 12.3 Å². The van der Waals surface area contributed by atoms with E-state index < -0.39 is 0 Å². The molecule has 1 aromatic heterocycles. The van der Waals surface area contributed by atoms with E-state index in [9.17, 15) is 0 Å². The molecule has 2 aromatic carbocycles. The lowest BCUT2D eigenvalue weighted by molar-refractivity contribution is 0.687. The molecule has 0 saturated carbocycles. The average molecular weight is 262 g/mol. The molecule has 0 amide bonds. The Morgan fingerprint density at radius 1 is 0.900 bits per heavy atom. The number of rotatable bonds is 5. The Labute approximate surface area is 119 Å². The Kier molecular flexibility index (Phi) is 4.04. The maximum atomic E-state index is 4.12. The fourth-order valence-corrected chi connectivity index (χ4v) is 2.47. The van der Waals surface area contributed by atoms with Crippen LogP contribution in [0.1, 0.15) is 11.1 Å². The quantitative estimate of drug-likeness (QED) is 0.711. The molecule has 1 heterocycles. The van der Waals surface area contributed by atoms with Gasteiger partial charge in [-0.1, -0.05) is 48.5 Å². The molecular weight excluding hydrogens is 244 g/mol. The van der Waals surface area contributed by atoms with Gasteiger partial charge >= 0.3 is 0 Å². The third kappa shape index (κ3) is 3.03. The third-order valence-corrected chi connectivity index (χ3v) is 3.50. The molecule has 0 aliphatic rings. The monoisotopic (exact) mass is 262 g/mol. The Morgan fingerprint density at radius 3 is 2.70 bits per heavy atom. The number of aromatic nitrogens is 1. The molecule has 0 radical (unpaired) electrons. The zero-order chi connectivity index (χ0) is 13.6. The molecule has 0 saturated heterocycles. The van der Waals surface area contributed by atoms with E-state index in [1.165, 1.54) is 21.9 Å². The third-order valence-electron chi connectivity index (χ3n) is 3.50. The molecule has 0 aliphatic carbocycles. The minimum absolute atomic E-state index is 0.874. The van der Waals surface area contributed by atoms with Crippen LogP contribution >= 0.6 is 0 Å². The second-order valence-corrected chi connectivity index (χ2v) is 4.93. The number of benzene rings is 2. The van der Waals surface area contributed by atoms with Crippen LogP contribution in [0.15, 0.2) is 67.0 Å². The van der Waals surface area contributed by atoms with Crippen LogP contribution in [0.4, 0.5) is 0 Å². The van der Waals surface area contributed by atoms with E-state index in [4.69, 9.17) is 0 Å². The van der Waals surface area contributed by atoms with Crippen molar-refractivity contribution in [1.29, 1.82) is 0 Å². The van der Waals surface area contributed by atoms with E-state index in [0.717, 1.165) is 19.5 Å². The summed E-state index contributed by atoms with van der Waals surface area (Å²) in [7, 11) is 0. The summed E-state index contributed by atoms with van der Waals surface area (Å²) < 4.78 is 0. The lowest BCUT2D eigenvalue weighted by Gasteiger charge is -2.08. The van der Waals surface area contributed by atoms with Gasteiger partial charge in [0.2, 0.25) is 0 Å². The van der Waals surface area contributed by atoms with Gasteiger partial charge in [0.1, 0.15) is 0 Å². The van der Waals surface area contributed by atoms with Crippen molar-refractivity contribution in [3.63, 3.8) is 0 Å². The smallest absolute Gasteiger partial charge is 0.0312 e. The molecular formula is C18H18N2. The standard InChI is InChI=1S/C18H18N2/c1-2-9-18-16(6-1)7-3-8-17(18)10-12-20-14-15-5-4-11-19-13-15/h1-9,11,13,20H,10,12,14H2. The highest BCUT2D eigenvalue weighted by molar-refractivity contribution is 5.85. The topological polar surface area (TPSA) is 24.9 Å². The molecule has 0 bridgehead atoms. The number of hydrogen-bond acceptors (Lipinski definition) is 2. The maximum Gasteiger partial charge on any atom is 0.0312 e. The highest BCUT2D eigenvalue weighted by atomic mass is 14.8. The van der Waals surface area contributed by atoms with Gasteiger partial charge in [-0.05, 0) is 40.9 Å². The van der Waals surface area contributed by atoms with Crippen molar-refractivity contribution in [2.45, 2.75) is 13.0 Å². The van der Waals surface area contributed by atoms with Crippen LogP contribution in [0.3, 0.4) is 0 Å². The number of nitrogens with zero attached hydrogens (tertiary/aromatic N) is 1. The lowest BCUT2D eigenvalue weighted by atomic mass is 10.0. The van der Waals surface area contributed by atoms with Crippen LogP contribution < -0.4 is 5.32 Å². The molecule has 2 nitrogen and oxygen atoms in total. The van der Waals surface area contributed by atoms with Crippen LogP contribution in [-0.2, 0) is 13.0 Å². The molecule has 0 atom stereocenters. The minimum Gasteiger partial charge on any atom is -0.312 e. The van der Waals surface area contributed by atoms with Crippen molar-refractivity contribution >= 4 is 10.8 Å². The van der Waals surface area contributed by atoms with Crippen molar-refractivity contribution < 1.29 is 0 Å². The highest BCUT2D eigenvalue weighted by Gasteiger charge is 2.00. The van der Waals surface area contributed by atoms with Gasteiger partial charge in [0, 0.05) is 18.9 Å². The van der Waals surface area contributed by atoms with Gasteiger partial charge in [0.15, 0.2) is 0 Å². The molecule has 1 N–H and O–H groups in total. The summed E-state index contributed by atoms with van der Waals surface area (Å²) in [6, 6.07) is 19.2. The second-order valence-electron chi connectivity index (χ2n) is 4.93. The minimum atomic E-state index is 0.874. The molecule has 3 rings (SSSR count). The van der Waals surface area contributed by atoms with E-state index in [1.54, 1.807) is 6.20 Å². The predicted octanol–water partition coefficient (Wildman–Crippen LogP) is 3.57. The van der Waals surface area contributed by atoms with Crippen LogP contribution in [0, 0.1) is 0 Å². The van der Waals surface area contributed by atoms with Gasteiger partial charge in [-0.2, -0.15) is 0 Å². The maximum absolute atomic E-state index is 4.12. The van der Waals surface area contributed by atoms with Crippen LogP contribution in [0.25, 0.3) is 10.8 Å². The molecule has 0 spiro atoms. The normalized spacial score (nSPS) is 10.8. The Bertz CT molecular complexity index is 672. The number of nitrogens with one attached hydrogen (secondary N) is 1. The summed E-state index contributed by atoms with van der Waals surface area (Å²) in [4.78, 5) is 4.12. The first kappa shape index (κ1) is 12.8. The van der Waals surface area contributed by atoms with Crippen molar-refractivity contribution in [3.05, 3.63) is 78.1 Å². The van der Waals surface area contributed by atoms with Crippen molar-refractivity contribution in [3.8, 4) is 0 Å². The van der Waals surface area contributed by atoms with Crippen molar-refractivity contribution in [2.24, 2.45) is 0 Å². The SMILES string of the molecule is c1cncc(CNCCc2cccc3ccccc23)c1. The van der Waals surface area contributed by atoms with Gasteiger partial charge in [0.05, 0.1) is 0 Å². The van der Waals surface area contributed by atoms with Crippen molar-refractivity contribution in [2.75, 3.05) is 6.54 Å². The fraction of sp³-hybridized carbons (Fsp3) is 0.167. The highest BCUT2D eigenvalue weighted by Crippen LogP contribution is 2.18. The molecule has 0 unspecified atom stereocenters. The largest absolute Gasteiger partial charge is 0.312 e. The Morgan fingerprint density at radius 2 is 1.80 bits per heavy atom. The van der Waals surface area contributed by atoms with Gasteiger partial charge in [-0.25, -0.2) is 0 Å². The van der Waals surface area contributed by atoms with E-state index >= 15 is 0 Å². The Hall–Kier alpha value is -2.19. The van der Waals surface area contributed by atoms with E-state index in [-0.39, 0.29) is 0 Å². The summed E-state index contributed by atoms with van der Waals surface area (Å²) in [5.74, 6) is 0. The zero-order valence-corrected chi connectivity index (χ0v) is 11.4. The summed E-state index contributed by atoms with van der Waals surface area (Å²) in [6.45, 7) is 1.85. The molecule has 20 heavy (non-hydrogen) atoms. The average Bonchev–Trinajstić information content (AvgIpc) is 2.53. The fourth-order valence-electron chi connectivity index (χ4n) is 2.47. The molecule has 3 aromatic rings. The number of hydrogen-bond donors (Lipinski definition) is 1. The summed E-state index contributed by atoms with van der Waals surface area (Å²) >= 11 is 0. The van der Waals surface area contributed by atoms with Crippen LogP contribution in [0.2, 0.25) is 0 Å². The van der Waals surface area contributed by atoms with Crippen LogP contribution in [-0.4, -0.2) is 11.5 Å². The first-order chi connectivity index (χ1) is 9.93. The first-order valence-electron chi connectivity index (χ1n) is 7.00. The second kappa shape index (κ2) is 6.31. The summed E-state index contributed by atoms with van der Waals surface area (Å²) in [6.07, 6.45) is 4.76. The molecule has 0 fully saturated rings. The van der Waals surface area contributed by atoms with E-state index in [2.05, 4.69) is 58.8 Å². The Balaban J connectivity index is 1.60. The lowest BCUT2D eigenvalue weighted by Crippen LogP contribution is -2.16.